The van der Waals surface area contributed by atoms with E-state index < -0.39 is 0 Å². The second kappa shape index (κ2) is 5.35. The third-order valence-corrected chi connectivity index (χ3v) is 4.09. The Labute approximate surface area is 96.6 Å². The van der Waals surface area contributed by atoms with E-state index in [0.29, 0.717) is 5.54 Å². The van der Waals surface area contributed by atoms with Crippen molar-refractivity contribution in [2.24, 2.45) is 5.92 Å². The quantitative estimate of drug-likeness (QED) is 0.668. The molecule has 2 bridgehead atoms. The molecule has 3 heteroatoms. The van der Waals surface area contributed by atoms with Crippen molar-refractivity contribution in [3.63, 3.8) is 0 Å². The molecule has 2 aliphatic rings. The Kier molecular flexibility index (Phi) is 5.35. The first-order valence-electron chi connectivity index (χ1n) is 5.48. The lowest BCUT2D eigenvalue weighted by molar-refractivity contribution is -0.0354. The molecule has 0 saturated heterocycles. The van der Waals surface area contributed by atoms with Crippen LogP contribution in [0.25, 0.3) is 0 Å². The maximum absolute atomic E-state index is 9.80. The van der Waals surface area contributed by atoms with Crippen molar-refractivity contribution in [3.05, 3.63) is 0 Å². The van der Waals surface area contributed by atoms with Gasteiger partial charge in [-0.2, -0.15) is 0 Å². The van der Waals surface area contributed by atoms with Gasteiger partial charge in [-0.1, -0.05) is 20.3 Å². The molecule has 2 fully saturated rings. The predicted octanol–water partition coefficient (Wildman–Crippen LogP) is 1.89. The molecule has 3 atom stereocenters. The van der Waals surface area contributed by atoms with Gasteiger partial charge in [-0.15, -0.1) is 0 Å². The minimum Gasteiger partial charge on any atom is -0.393 e. The van der Waals surface area contributed by atoms with Crippen molar-refractivity contribution in [1.82, 2.24) is 4.90 Å². The van der Waals surface area contributed by atoms with Crippen molar-refractivity contribution >= 4 is 8.41 Å². The minimum absolute atomic E-state index is 0. The Morgan fingerprint density at radius 1 is 1.27 bits per heavy atom. The molecule has 2 saturated carbocycles. The Balaban J connectivity index is 0.000000980. The maximum Gasteiger partial charge on any atom is 0.0560 e. The zero-order chi connectivity index (χ0) is 9.47. The van der Waals surface area contributed by atoms with Crippen molar-refractivity contribution < 1.29 is 5.11 Å². The molecule has 0 amide bonds. The van der Waals surface area contributed by atoms with Gasteiger partial charge in [0.25, 0.3) is 0 Å². The van der Waals surface area contributed by atoms with Gasteiger partial charge in [0.2, 0.25) is 0 Å². The fourth-order valence-electron chi connectivity index (χ4n) is 3.34. The molecule has 87 valence electrons. The first-order valence-corrected chi connectivity index (χ1v) is 5.48. The van der Waals surface area contributed by atoms with E-state index in [-0.39, 0.29) is 21.9 Å². The fourth-order valence-corrected chi connectivity index (χ4v) is 3.34. The third-order valence-electron chi connectivity index (χ3n) is 4.09. The Morgan fingerprint density at radius 2 is 1.93 bits per heavy atom. The van der Waals surface area contributed by atoms with Gasteiger partial charge in [-0.05, 0) is 45.7 Å². The average molecular weight is 210 g/mol. The second-order valence-electron chi connectivity index (χ2n) is 5.17. The van der Waals surface area contributed by atoms with Crippen LogP contribution < -0.4 is 0 Å². The molecular weight excluding hydrogens is 185 g/mol. The van der Waals surface area contributed by atoms with Gasteiger partial charge in [0.15, 0.2) is 0 Å². The van der Waals surface area contributed by atoms with E-state index in [1.165, 1.54) is 25.7 Å². The lowest BCUT2D eigenvalue weighted by Crippen LogP contribution is -2.53. The average Bonchev–Trinajstić information content (AvgIpc) is 2.02. The molecule has 3 unspecified atom stereocenters. The summed E-state index contributed by atoms with van der Waals surface area (Å²) in [7, 11) is 4.33. The topological polar surface area (TPSA) is 23.5 Å². The third kappa shape index (κ3) is 2.76. The Hall–Kier alpha value is -0.0151. The van der Waals surface area contributed by atoms with Gasteiger partial charge in [-0.3, -0.25) is 0 Å². The number of rotatable bonds is 1. The first kappa shape index (κ1) is 15.0. The smallest absolute Gasteiger partial charge is 0.0560 e. The molecule has 15 heavy (non-hydrogen) atoms. The molecular formula is C12H25BNO. The van der Waals surface area contributed by atoms with E-state index in [2.05, 4.69) is 19.0 Å². The predicted molar refractivity (Wildman–Crippen MR) is 66.1 cm³/mol. The van der Waals surface area contributed by atoms with Crippen LogP contribution in [0.2, 0.25) is 0 Å². The van der Waals surface area contributed by atoms with Gasteiger partial charge < -0.3 is 10.0 Å². The van der Waals surface area contributed by atoms with Crippen LogP contribution in [0, 0.1) is 5.92 Å². The normalized spacial score (nSPS) is 39.2. The number of aliphatic hydroxyl groups is 1. The molecule has 3 radical (unpaired) electrons. The fraction of sp³-hybridized carbons (Fsp3) is 1.00. The van der Waals surface area contributed by atoms with Crippen LogP contribution in [0.5, 0.6) is 0 Å². The Morgan fingerprint density at radius 3 is 2.53 bits per heavy atom. The Bertz CT molecular complexity index is 194. The van der Waals surface area contributed by atoms with Crippen LogP contribution in [0.1, 0.15) is 46.0 Å². The summed E-state index contributed by atoms with van der Waals surface area (Å²) < 4.78 is 0. The van der Waals surface area contributed by atoms with E-state index >= 15 is 0 Å². The lowest BCUT2D eigenvalue weighted by atomic mass is 9.65. The highest BCUT2D eigenvalue weighted by Gasteiger charge is 2.43. The van der Waals surface area contributed by atoms with E-state index in [1.54, 1.807) is 0 Å². The van der Waals surface area contributed by atoms with Gasteiger partial charge in [-0.25, -0.2) is 0 Å². The molecule has 2 aliphatic carbocycles. The molecule has 2 nitrogen and oxygen atoms in total. The SMILES string of the molecule is C.CN(C)C12CCCC(CC(O)C1)C2.[B]. The highest BCUT2D eigenvalue weighted by molar-refractivity contribution is 5.75. The maximum atomic E-state index is 9.80. The molecule has 0 aromatic heterocycles. The molecule has 0 heterocycles. The van der Waals surface area contributed by atoms with Crippen molar-refractivity contribution in [2.45, 2.75) is 57.6 Å². The number of hydrogen-bond acceptors (Lipinski definition) is 2. The highest BCUT2D eigenvalue weighted by Crippen LogP contribution is 2.45. The summed E-state index contributed by atoms with van der Waals surface area (Å²) in [5.74, 6) is 0.792. The van der Waals surface area contributed by atoms with Gasteiger partial charge >= 0.3 is 0 Å². The summed E-state index contributed by atoms with van der Waals surface area (Å²) >= 11 is 0. The van der Waals surface area contributed by atoms with Crippen LogP contribution in [-0.2, 0) is 0 Å². The second-order valence-corrected chi connectivity index (χ2v) is 5.17. The van der Waals surface area contributed by atoms with Gasteiger partial charge in [0, 0.05) is 14.0 Å². The monoisotopic (exact) mass is 210 g/mol. The lowest BCUT2D eigenvalue weighted by Gasteiger charge is -2.51. The number of fused-ring (bicyclic) bond motifs is 2. The van der Waals surface area contributed by atoms with Crippen LogP contribution >= 0.6 is 0 Å². The zero-order valence-electron chi connectivity index (χ0n) is 9.37. The first-order chi connectivity index (χ1) is 6.12. The minimum atomic E-state index is -0.0403. The van der Waals surface area contributed by atoms with Crippen molar-refractivity contribution in [2.75, 3.05) is 14.1 Å². The highest BCUT2D eigenvalue weighted by atomic mass is 16.3. The molecule has 2 rings (SSSR count). The van der Waals surface area contributed by atoms with E-state index in [9.17, 15) is 5.11 Å². The number of nitrogens with zero attached hydrogens (tertiary/aromatic N) is 1. The van der Waals surface area contributed by atoms with Crippen LogP contribution in [0.4, 0.5) is 0 Å². The molecule has 0 spiro atoms. The summed E-state index contributed by atoms with van der Waals surface area (Å²) in [5.41, 5.74) is 0.334. The van der Waals surface area contributed by atoms with Gasteiger partial charge in [0.05, 0.1) is 6.10 Å². The summed E-state index contributed by atoms with van der Waals surface area (Å²) in [6.07, 6.45) is 7.31. The molecule has 0 aromatic rings. The van der Waals surface area contributed by atoms with Crippen LogP contribution in [0.15, 0.2) is 0 Å². The van der Waals surface area contributed by atoms with Crippen molar-refractivity contribution in [3.8, 4) is 0 Å². The zero-order valence-corrected chi connectivity index (χ0v) is 9.37. The van der Waals surface area contributed by atoms with E-state index in [4.69, 9.17) is 0 Å². The summed E-state index contributed by atoms with van der Waals surface area (Å²) in [5, 5.41) is 9.80. The largest absolute Gasteiger partial charge is 0.393 e. The van der Waals surface area contributed by atoms with Gasteiger partial charge in [0.1, 0.15) is 0 Å². The standard InChI is InChI=1S/C11H21NO.CH4.B/c1-12(2)11-5-3-4-9(7-11)6-10(13)8-11;;/h9-10,13H,3-8H2,1-2H3;1H4;. The molecule has 0 aromatic carbocycles. The van der Waals surface area contributed by atoms with Crippen LogP contribution in [0.3, 0.4) is 0 Å². The molecule has 0 aliphatic heterocycles. The van der Waals surface area contributed by atoms with Crippen LogP contribution in [-0.4, -0.2) is 44.2 Å². The van der Waals surface area contributed by atoms with Crippen molar-refractivity contribution in [1.29, 1.82) is 0 Å². The van der Waals surface area contributed by atoms with E-state index in [0.717, 1.165) is 18.8 Å². The molecule has 1 N–H and O–H groups in total. The summed E-state index contributed by atoms with van der Waals surface area (Å²) in [6, 6.07) is 0. The summed E-state index contributed by atoms with van der Waals surface area (Å²) in [6.45, 7) is 0. The number of hydrogen-bond donors (Lipinski definition) is 1. The summed E-state index contributed by atoms with van der Waals surface area (Å²) in [4.78, 5) is 2.35. The van der Waals surface area contributed by atoms with E-state index in [1.807, 2.05) is 0 Å². The number of aliphatic hydroxyl groups excluding tert-OH is 1.